The molecule has 25 heavy (non-hydrogen) atoms. The predicted octanol–water partition coefficient (Wildman–Crippen LogP) is 3.36. The number of carbonyl (C=O) groups is 4. The Morgan fingerprint density at radius 3 is 1.28 bits per heavy atom. The van der Waals surface area contributed by atoms with E-state index >= 15 is 0 Å². The van der Waals surface area contributed by atoms with Crippen LogP contribution in [0.5, 0.6) is 0 Å². The van der Waals surface area contributed by atoms with E-state index in [1.165, 1.54) is 0 Å². The van der Waals surface area contributed by atoms with Gasteiger partial charge in [0.1, 0.15) is 11.2 Å². The fraction of sp³-hybridized carbons (Fsp3) is 0.765. The van der Waals surface area contributed by atoms with E-state index in [-0.39, 0.29) is 52.9 Å². The van der Waals surface area contributed by atoms with Gasteiger partial charge in [0.25, 0.3) is 0 Å². The van der Waals surface area contributed by atoms with Gasteiger partial charge in [0, 0.05) is 11.5 Å². The van der Waals surface area contributed by atoms with Crippen molar-refractivity contribution in [3.63, 3.8) is 0 Å². The molecule has 0 unspecified atom stereocenters. The molecule has 0 aromatic carbocycles. The summed E-state index contributed by atoms with van der Waals surface area (Å²) in [5.74, 6) is -0.176. The smallest absolute Gasteiger partial charge is 0.307 e. The summed E-state index contributed by atoms with van der Waals surface area (Å²) >= 11 is 1.88. The summed E-state index contributed by atoms with van der Waals surface area (Å²) in [4.78, 5) is 46.4. The molecule has 0 amide bonds. The topological polar surface area (TPSA) is 86.7 Å². The zero-order valence-electron chi connectivity index (χ0n) is 15.8. The Labute approximate surface area is 158 Å². The number of esters is 2. The minimum absolute atomic E-state index is 0.119. The fourth-order valence-electron chi connectivity index (χ4n) is 1.50. The highest BCUT2D eigenvalue weighted by atomic mass is 32.2. The second kappa shape index (κ2) is 10.9. The van der Waals surface area contributed by atoms with Gasteiger partial charge in [-0.15, -0.1) is 0 Å². The lowest BCUT2D eigenvalue weighted by atomic mass is 10.2. The van der Waals surface area contributed by atoms with Crippen molar-refractivity contribution in [2.75, 3.05) is 11.5 Å². The third-order valence-electron chi connectivity index (χ3n) is 2.27. The van der Waals surface area contributed by atoms with Crippen molar-refractivity contribution in [1.82, 2.24) is 0 Å². The van der Waals surface area contributed by atoms with Crippen LogP contribution in [-0.2, 0) is 28.7 Å². The highest BCUT2D eigenvalue weighted by Crippen LogP contribution is 2.16. The molecular formula is C17H28O6S2. The molecular weight excluding hydrogens is 364 g/mol. The van der Waals surface area contributed by atoms with Crippen molar-refractivity contribution in [1.29, 1.82) is 0 Å². The SMILES string of the molecule is CC(C)(C)OC(=O)CCSC(=O)CC(=O)SCCC(=O)OC(C)(C)C. The monoisotopic (exact) mass is 392 g/mol. The molecule has 6 nitrogen and oxygen atoms in total. The molecule has 8 heteroatoms. The second-order valence-corrected chi connectivity index (χ2v) is 9.60. The van der Waals surface area contributed by atoms with Crippen LogP contribution < -0.4 is 0 Å². The van der Waals surface area contributed by atoms with Crippen molar-refractivity contribution in [2.24, 2.45) is 0 Å². The zero-order valence-corrected chi connectivity index (χ0v) is 17.4. The van der Waals surface area contributed by atoms with Gasteiger partial charge < -0.3 is 9.47 Å². The van der Waals surface area contributed by atoms with Crippen LogP contribution in [0.1, 0.15) is 60.8 Å². The molecule has 0 heterocycles. The number of hydrogen-bond donors (Lipinski definition) is 0. The van der Waals surface area contributed by atoms with Crippen LogP contribution in [0.2, 0.25) is 0 Å². The summed E-state index contributed by atoms with van der Waals surface area (Å²) in [5, 5.41) is -0.586. The third kappa shape index (κ3) is 16.2. The lowest BCUT2D eigenvalue weighted by Gasteiger charge is -2.19. The van der Waals surface area contributed by atoms with Crippen LogP contribution in [0.15, 0.2) is 0 Å². The number of rotatable bonds is 8. The Morgan fingerprint density at radius 1 is 0.680 bits per heavy atom. The molecule has 0 aromatic heterocycles. The van der Waals surface area contributed by atoms with Crippen LogP contribution in [0.25, 0.3) is 0 Å². The van der Waals surface area contributed by atoms with Crippen LogP contribution in [0.4, 0.5) is 0 Å². The van der Waals surface area contributed by atoms with Gasteiger partial charge in [-0.25, -0.2) is 0 Å². The summed E-state index contributed by atoms with van der Waals surface area (Å²) < 4.78 is 10.3. The van der Waals surface area contributed by atoms with Gasteiger partial charge in [0.2, 0.25) is 0 Å². The molecule has 0 aliphatic carbocycles. The molecule has 0 aromatic rings. The van der Waals surface area contributed by atoms with E-state index in [4.69, 9.17) is 9.47 Å². The number of ether oxygens (including phenoxy) is 2. The van der Waals surface area contributed by atoms with Gasteiger partial charge in [-0.2, -0.15) is 0 Å². The quantitative estimate of drug-likeness (QED) is 0.459. The van der Waals surface area contributed by atoms with Gasteiger partial charge in [-0.3, -0.25) is 19.2 Å². The first-order valence-electron chi connectivity index (χ1n) is 8.03. The molecule has 0 aliphatic rings. The molecule has 0 saturated carbocycles. The summed E-state index contributed by atoms with van der Waals surface area (Å²) in [6.45, 7) is 10.6. The summed E-state index contributed by atoms with van der Waals surface area (Å²) in [6.07, 6.45) is 0.0132. The zero-order chi connectivity index (χ0) is 19.7. The molecule has 144 valence electrons. The van der Waals surface area contributed by atoms with Gasteiger partial charge in [0.15, 0.2) is 10.2 Å². The highest BCUT2D eigenvalue weighted by Gasteiger charge is 2.18. The van der Waals surface area contributed by atoms with Gasteiger partial charge in [0.05, 0.1) is 19.3 Å². The first kappa shape index (κ1) is 24.0. The maximum Gasteiger partial charge on any atom is 0.307 e. The molecule has 0 aliphatic heterocycles. The minimum Gasteiger partial charge on any atom is -0.460 e. The molecule has 0 bridgehead atoms. The molecule has 0 radical (unpaired) electrons. The van der Waals surface area contributed by atoms with Crippen molar-refractivity contribution in [3.05, 3.63) is 0 Å². The first-order valence-corrected chi connectivity index (χ1v) is 10.0. The Balaban J connectivity index is 3.87. The van der Waals surface area contributed by atoms with E-state index in [0.717, 1.165) is 23.5 Å². The average Bonchev–Trinajstić information content (AvgIpc) is 2.33. The molecule has 0 N–H and O–H groups in total. The van der Waals surface area contributed by atoms with E-state index in [1.807, 2.05) is 0 Å². The van der Waals surface area contributed by atoms with Gasteiger partial charge >= 0.3 is 11.9 Å². The van der Waals surface area contributed by atoms with E-state index in [2.05, 4.69) is 0 Å². The van der Waals surface area contributed by atoms with Crippen LogP contribution in [0.3, 0.4) is 0 Å². The summed E-state index contributed by atoms with van der Waals surface area (Å²) in [5.41, 5.74) is -1.10. The molecule has 0 atom stereocenters. The van der Waals surface area contributed by atoms with Crippen molar-refractivity contribution < 1.29 is 28.7 Å². The minimum atomic E-state index is -0.549. The van der Waals surface area contributed by atoms with E-state index in [1.54, 1.807) is 41.5 Å². The fourth-order valence-corrected chi connectivity index (χ4v) is 3.05. The van der Waals surface area contributed by atoms with E-state index < -0.39 is 11.2 Å². The Hall–Kier alpha value is -1.02. The maximum absolute atomic E-state index is 11.7. The van der Waals surface area contributed by atoms with Crippen LogP contribution in [-0.4, -0.2) is 44.9 Å². The molecule has 0 rings (SSSR count). The normalized spacial score (nSPS) is 11.8. The molecule has 0 spiro atoms. The van der Waals surface area contributed by atoms with Gasteiger partial charge in [-0.05, 0) is 41.5 Å². The van der Waals surface area contributed by atoms with E-state index in [9.17, 15) is 19.2 Å². The van der Waals surface area contributed by atoms with Crippen molar-refractivity contribution in [2.45, 2.75) is 72.0 Å². The standard InChI is InChI=1S/C17H28O6S2/c1-16(2,3)22-12(18)7-9-24-14(20)11-15(21)25-10-8-13(19)23-17(4,5)6/h7-11H2,1-6H3. The number of carbonyl (C=O) groups excluding carboxylic acids is 4. The highest BCUT2D eigenvalue weighted by molar-refractivity contribution is 8.15. The van der Waals surface area contributed by atoms with Crippen molar-refractivity contribution >= 4 is 45.7 Å². The van der Waals surface area contributed by atoms with Crippen LogP contribution >= 0.6 is 23.5 Å². The summed E-state index contributed by atoms with van der Waals surface area (Å²) in [7, 11) is 0. The lowest BCUT2D eigenvalue weighted by molar-refractivity contribution is -0.155. The number of thioether (sulfide) groups is 2. The third-order valence-corrected chi connectivity index (χ3v) is 4.02. The Kier molecular flexibility index (Phi) is 10.4. The Morgan fingerprint density at radius 2 is 1.00 bits per heavy atom. The van der Waals surface area contributed by atoms with Crippen molar-refractivity contribution in [3.8, 4) is 0 Å². The first-order chi connectivity index (χ1) is 11.3. The van der Waals surface area contributed by atoms with Crippen LogP contribution in [0, 0.1) is 0 Å². The molecule has 0 fully saturated rings. The summed E-state index contributed by atoms with van der Waals surface area (Å²) in [6, 6.07) is 0. The lowest BCUT2D eigenvalue weighted by Crippen LogP contribution is -2.24. The maximum atomic E-state index is 11.7. The largest absolute Gasteiger partial charge is 0.460 e. The predicted molar refractivity (Wildman–Crippen MR) is 100 cm³/mol. The van der Waals surface area contributed by atoms with E-state index in [0.29, 0.717) is 0 Å². The Bertz CT molecular complexity index is 444. The molecule has 0 saturated heterocycles. The van der Waals surface area contributed by atoms with Gasteiger partial charge in [-0.1, -0.05) is 23.5 Å². The average molecular weight is 393 g/mol. The second-order valence-electron chi connectivity index (χ2n) is 7.29. The number of hydrogen-bond acceptors (Lipinski definition) is 8.